The smallest absolute Gasteiger partial charge is 0.320 e. The molecule has 0 fully saturated rings. The van der Waals surface area contributed by atoms with Gasteiger partial charge in [-0.3, -0.25) is 9.69 Å². The minimum Gasteiger partial charge on any atom is -0.491 e. The van der Waals surface area contributed by atoms with Crippen molar-refractivity contribution in [3.05, 3.63) is 47.2 Å². The Morgan fingerprint density at radius 2 is 2.10 bits per heavy atom. The molecular weight excluding hydrogens is 462 g/mol. The van der Waals surface area contributed by atoms with E-state index in [2.05, 4.69) is 31.2 Å². The van der Waals surface area contributed by atoms with E-state index in [-0.39, 0.29) is 12.5 Å². The van der Waals surface area contributed by atoms with E-state index in [1.165, 1.54) is 6.33 Å². The molecule has 3 N–H and O–H groups in total. The SMILES string of the molecule is CCOC(=O)CN(C)CCCOc1cc2ncnc(Nc3cccc(Br)c3)c2cc1N. The molecular formula is C22H26BrN5O3. The molecule has 8 nitrogen and oxygen atoms in total. The Morgan fingerprint density at radius 3 is 2.87 bits per heavy atom. The predicted octanol–water partition coefficient (Wildman–Crippen LogP) is 3.98. The van der Waals surface area contributed by atoms with E-state index in [1.807, 2.05) is 48.3 Å². The maximum absolute atomic E-state index is 11.5. The van der Waals surface area contributed by atoms with Crippen LogP contribution in [0.5, 0.6) is 5.75 Å². The number of likely N-dealkylation sites (N-methyl/N-ethyl adjacent to an activating group) is 1. The molecule has 2 aromatic carbocycles. The number of hydrogen-bond donors (Lipinski definition) is 2. The zero-order valence-corrected chi connectivity index (χ0v) is 19.2. The average molecular weight is 488 g/mol. The number of esters is 1. The molecule has 0 aliphatic heterocycles. The van der Waals surface area contributed by atoms with Gasteiger partial charge in [-0.2, -0.15) is 0 Å². The Kier molecular flexibility index (Phi) is 8.02. The number of anilines is 3. The number of rotatable bonds is 10. The van der Waals surface area contributed by atoms with Crippen LogP contribution >= 0.6 is 15.9 Å². The fourth-order valence-corrected chi connectivity index (χ4v) is 3.45. The number of nitrogens with zero attached hydrogens (tertiary/aromatic N) is 3. The monoisotopic (exact) mass is 487 g/mol. The number of nitrogens with one attached hydrogen (secondary N) is 1. The summed E-state index contributed by atoms with van der Waals surface area (Å²) in [5.74, 6) is 1.02. The molecule has 0 saturated carbocycles. The van der Waals surface area contributed by atoms with Crippen LogP contribution in [-0.4, -0.2) is 54.2 Å². The summed E-state index contributed by atoms with van der Waals surface area (Å²) in [5.41, 5.74) is 8.38. The quantitative estimate of drug-likeness (QED) is 0.251. The van der Waals surface area contributed by atoms with Crippen molar-refractivity contribution >= 4 is 50.0 Å². The molecule has 0 unspecified atom stereocenters. The summed E-state index contributed by atoms with van der Waals surface area (Å²) < 4.78 is 11.8. The first-order chi connectivity index (χ1) is 15.0. The summed E-state index contributed by atoms with van der Waals surface area (Å²) in [6, 6.07) is 11.5. The van der Waals surface area contributed by atoms with Gasteiger partial charge in [-0.25, -0.2) is 9.97 Å². The number of aromatic nitrogens is 2. The molecule has 1 heterocycles. The maximum Gasteiger partial charge on any atom is 0.320 e. The van der Waals surface area contributed by atoms with Crippen LogP contribution in [0.1, 0.15) is 13.3 Å². The Hall–Kier alpha value is -2.91. The fourth-order valence-electron chi connectivity index (χ4n) is 3.05. The van der Waals surface area contributed by atoms with Gasteiger partial charge in [0, 0.05) is 28.2 Å². The third kappa shape index (κ3) is 6.53. The molecule has 0 bridgehead atoms. The lowest BCUT2D eigenvalue weighted by Gasteiger charge is -2.16. The van der Waals surface area contributed by atoms with E-state index in [0.717, 1.165) is 27.5 Å². The third-order valence-corrected chi connectivity index (χ3v) is 4.99. The minimum atomic E-state index is -0.225. The van der Waals surface area contributed by atoms with Crippen LogP contribution in [0, 0.1) is 0 Å². The maximum atomic E-state index is 11.5. The van der Waals surface area contributed by atoms with Crippen molar-refractivity contribution in [1.82, 2.24) is 14.9 Å². The van der Waals surface area contributed by atoms with Crippen molar-refractivity contribution in [3.8, 4) is 5.75 Å². The summed E-state index contributed by atoms with van der Waals surface area (Å²) >= 11 is 3.47. The number of carbonyl (C=O) groups excluding carboxylic acids is 1. The summed E-state index contributed by atoms with van der Waals surface area (Å²) in [6.45, 7) is 3.62. The number of nitrogens with two attached hydrogens (primary N) is 1. The number of hydrogen-bond acceptors (Lipinski definition) is 8. The summed E-state index contributed by atoms with van der Waals surface area (Å²) in [6.07, 6.45) is 2.25. The zero-order chi connectivity index (χ0) is 22.2. The Balaban J connectivity index is 1.63. The standard InChI is InChI=1S/C22H26BrN5O3/c1-3-30-21(29)13-28(2)8-5-9-31-20-12-19-17(11-18(20)24)22(26-14-25-19)27-16-7-4-6-15(23)10-16/h4,6-7,10-12,14H,3,5,8-9,13,24H2,1-2H3,(H,25,26,27). The number of benzene rings is 2. The predicted molar refractivity (Wildman–Crippen MR) is 126 cm³/mol. The lowest BCUT2D eigenvalue weighted by atomic mass is 10.2. The second-order valence-electron chi connectivity index (χ2n) is 7.01. The van der Waals surface area contributed by atoms with Crippen LogP contribution in [0.2, 0.25) is 0 Å². The van der Waals surface area contributed by atoms with Crippen molar-refractivity contribution in [2.24, 2.45) is 0 Å². The highest BCUT2D eigenvalue weighted by atomic mass is 79.9. The van der Waals surface area contributed by atoms with E-state index < -0.39 is 0 Å². The lowest BCUT2D eigenvalue weighted by molar-refractivity contribution is -0.144. The normalized spacial score (nSPS) is 11.0. The van der Waals surface area contributed by atoms with Crippen molar-refractivity contribution in [1.29, 1.82) is 0 Å². The van der Waals surface area contributed by atoms with Crippen molar-refractivity contribution in [3.63, 3.8) is 0 Å². The Bertz CT molecular complexity index is 1050. The molecule has 3 rings (SSSR count). The Morgan fingerprint density at radius 1 is 1.26 bits per heavy atom. The van der Waals surface area contributed by atoms with E-state index in [4.69, 9.17) is 15.2 Å². The van der Waals surface area contributed by atoms with Crippen LogP contribution in [0.3, 0.4) is 0 Å². The van der Waals surface area contributed by atoms with Crippen LogP contribution in [-0.2, 0) is 9.53 Å². The van der Waals surface area contributed by atoms with Gasteiger partial charge < -0.3 is 20.5 Å². The minimum absolute atomic E-state index is 0.225. The van der Waals surface area contributed by atoms with E-state index >= 15 is 0 Å². The molecule has 9 heteroatoms. The van der Waals surface area contributed by atoms with Gasteiger partial charge in [0.2, 0.25) is 0 Å². The lowest BCUT2D eigenvalue weighted by Crippen LogP contribution is -2.29. The molecule has 164 valence electrons. The first-order valence-electron chi connectivity index (χ1n) is 10.00. The van der Waals surface area contributed by atoms with Gasteiger partial charge in [-0.1, -0.05) is 22.0 Å². The van der Waals surface area contributed by atoms with Crippen LogP contribution in [0.15, 0.2) is 47.2 Å². The number of halogens is 1. The highest BCUT2D eigenvalue weighted by Crippen LogP contribution is 2.31. The summed E-state index contributed by atoms with van der Waals surface area (Å²) in [7, 11) is 1.87. The van der Waals surface area contributed by atoms with Gasteiger partial charge in [0.1, 0.15) is 17.9 Å². The van der Waals surface area contributed by atoms with Gasteiger partial charge in [-0.05, 0) is 44.7 Å². The molecule has 1 aromatic heterocycles. The third-order valence-electron chi connectivity index (χ3n) is 4.50. The van der Waals surface area contributed by atoms with Gasteiger partial charge in [0.25, 0.3) is 0 Å². The highest BCUT2D eigenvalue weighted by Gasteiger charge is 2.11. The molecule has 0 saturated heterocycles. The van der Waals surface area contributed by atoms with Crippen molar-refractivity contribution in [2.45, 2.75) is 13.3 Å². The summed E-state index contributed by atoms with van der Waals surface area (Å²) in [5, 5.41) is 4.11. The molecule has 31 heavy (non-hydrogen) atoms. The molecule has 0 aliphatic rings. The molecule has 0 spiro atoms. The van der Waals surface area contributed by atoms with Gasteiger partial charge >= 0.3 is 5.97 Å². The van der Waals surface area contributed by atoms with Crippen molar-refractivity contribution in [2.75, 3.05) is 44.4 Å². The first kappa shape index (κ1) is 22.8. The van der Waals surface area contributed by atoms with E-state index in [1.54, 1.807) is 6.92 Å². The molecule has 0 atom stereocenters. The van der Waals surface area contributed by atoms with Crippen LogP contribution in [0.25, 0.3) is 10.9 Å². The van der Waals surface area contributed by atoms with Gasteiger partial charge in [0.15, 0.2) is 0 Å². The summed E-state index contributed by atoms with van der Waals surface area (Å²) in [4.78, 5) is 22.1. The van der Waals surface area contributed by atoms with Gasteiger partial charge in [-0.15, -0.1) is 0 Å². The number of fused-ring (bicyclic) bond motifs is 1. The van der Waals surface area contributed by atoms with E-state index in [0.29, 0.717) is 37.0 Å². The Labute approximate surface area is 189 Å². The number of carbonyl (C=O) groups is 1. The molecule has 0 radical (unpaired) electrons. The number of ether oxygens (including phenoxy) is 2. The zero-order valence-electron chi connectivity index (χ0n) is 17.6. The van der Waals surface area contributed by atoms with Gasteiger partial charge in [0.05, 0.1) is 31.0 Å². The number of nitrogen functional groups attached to an aromatic ring is 1. The van der Waals surface area contributed by atoms with E-state index in [9.17, 15) is 4.79 Å². The highest BCUT2D eigenvalue weighted by molar-refractivity contribution is 9.10. The molecule has 3 aromatic rings. The van der Waals surface area contributed by atoms with Crippen LogP contribution in [0.4, 0.5) is 17.2 Å². The largest absolute Gasteiger partial charge is 0.491 e. The molecule has 0 amide bonds. The first-order valence-corrected chi connectivity index (χ1v) is 10.8. The second kappa shape index (κ2) is 10.9. The van der Waals surface area contributed by atoms with Crippen molar-refractivity contribution < 1.29 is 14.3 Å². The second-order valence-corrected chi connectivity index (χ2v) is 7.93. The topological polar surface area (TPSA) is 103 Å². The van der Waals surface area contributed by atoms with Crippen LogP contribution < -0.4 is 15.8 Å². The average Bonchev–Trinajstić information content (AvgIpc) is 2.72. The fraction of sp³-hybridized carbons (Fsp3) is 0.318. The molecule has 0 aliphatic carbocycles.